The second-order valence-corrected chi connectivity index (χ2v) is 4.21. The Labute approximate surface area is 104 Å². The van der Waals surface area contributed by atoms with E-state index in [1.807, 2.05) is 0 Å². The zero-order valence-corrected chi connectivity index (χ0v) is 10.4. The zero-order valence-electron chi connectivity index (χ0n) is 7.33. The minimum atomic E-state index is -0.567. The lowest BCUT2D eigenvalue weighted by Crippen LogP contribution is -2.03. The van der Waals surface area contributed by atoms with E-state index >= 15 is 0 Å². The minimum absolute atomic E-state index is 0.0346. The third-order valence-electron chi connectivity index (χ3n) is 1.58. The van der Waals surface area contributed by atoms with Gasteiger partial charge in [-0.2, -0.15) is 0 Å². The van der Waals surface area contributed by atoms with Crippen LogP contribution in [0.1, 0.15) is 0 Å². The number of hydrogen-bond donors (Lipinski definition) is 1. The Balaban J connectivity index is 2.82. The van der Waals surface area contributed by atoms with Crippen molar-refractivity contribution in [3.05, 3.63) is 38.8 Å². The maximum atomic E-state index is 13.2. The summed E-state index contributed by atoms with van der Waals surface area (Å²) in [5.41, 5.74) is 1.19. The van der Waals surface area contributed by atoms with Crippen molar-refractivity contribution in [3.63, 3.8) is 0 Å². The van der Waals surface area contributed by atoms with Crippen molar-refractivity contribution in [1.29, 1.82) is 0 Å². The average Bonchev–Trinajstić information content (AvgIpc) is 2.21. The summed E-state index contributed by atoms with van der Waals surface area (Å²) in [6.07, 6.45) is 0. The highest BCUT2D eigenvalue weighted by atomic mass is 79.9. The monoisotopic (exact) mass is 315 g/mol. The molecule has 0 aliphatic heterocycles. The molecular formula is C9H6BrCl2F2N. The van der Waals surface area contributed by atoms with Gasteiger partial charge in [-0.3, -0.25) is 0 Å². The molecule has 1 nitrogen and oxygen atoms in total. The van der Waals surface area contributed by atoms with E-state index in [0.717, 1.165) is 17.7 Å². The summed E-state index contributed by atoms with van der Waals surface area (Å²) in [5, 5.41) is 2.92. The first-order valence-corrected chi connectivity index (χ1v) is 5.48. The van der Waals surface area contributed by atoms with Gasteiger partial charge in [-0.05, 0) is 22.0 Å². The first-order valence-electron chi connectivity index (χ1n) is 3.87. The van der Waals surface area contributed by atoms with E-state index in [1.54, 1.807) is 0 Å². The normalized spacial score (nSPS) is 11.7. The second kappa shape index (κ2) is 5.68. The summed E-state index contributed by atoms with van der Waals surface area (Å²) in [6, 6.07) is 2.08. The molecule has 0 saturated carbocycles. The molecule has 0 unspecified atom stereocenters. The molecule has 1 N–H and O–H groups in total. The van der Waals surface area contributed by atoms with Crippen LogP contribution in [0.2, 0.25) is 0 Å². The van der Waals surface area contributed by atoms with Gasteiger partial charge >= 0.3 is 0 Å². The summed E-state index contributed by atoms with van der Waals surface area (Å²) >= 11 is 13.8. The SMILES string of the molecule is Fc1cc(NC/C(Cl)=C/Cl)c(F)cc1Br. The topological polar surface area (TPSA) is 12.0 Å². The average molecular weight is 317 g/mol. The molecule has 1 aromatic carbocycles. The van der Waals surface area contributed by atoms with Crippen molar-refractivity contribution in [2.75, 3.05) is 11.9 Å². The van der Waals surface area contributed by atoms with Crippen LogP contribution < -0.4 is 5.32 Å². The number of benzene rings is 1. The molecule has 82 valence electrons. The predicted molar refractivity (Wildman–Crippen MR) is 62.3 cm³/mol. The standard InChI is InChI=1S/C9H6BrCl2F2N/c10-6-1-8(14)9(2-7(6)13)15-4-5(12)3-11/h1-3,15H,4H2/b5-3-. The van der Waals surface area contributed by atoms with Crippen LogP contribution in [0.3, 0.4) is 0 Å². The van der Waals surface area contributed by atoms with Gasteiger partial charge in [0.1, 0.15) is 11.6 Å². The Bertz CT molecular complexity index is 396. The van der Waals surface area contributed by atoms with Crippen LogP contribution >= 0.6 is 39.1 Å². The smallest absolute Gasteiger partial charge is 0.147 e. The van der Waals surface area contributed by atoms with Crippen molar-refractivity contribution in [2.24, 2.45) is 0 Å². The maximum Gasteiger partial charge on any atom is 0.147 e. The summed E-state index contributed by atoms with van der Waals surface area (Å²) in [7, 11) is 0. The summed E-state index contributed by atoms with van der Waals surface area (Å²) in [6.45, 7) is 0.142. The van der Waals surface area contributed by atoms with Crippen molar-refractivity contribution in [1.82, 2.24) is 0 Å². The summed E-state index contributed by atoms with van der Waals surface area (Å²) in [4.78, 5) is 0. The van der Waals surface area contributed by atoms with E-state index in [9.17, 15) is 8.78 Å². The molecule has 1 aromatic rings. The van der Waals surface area contributed by atoms with Crippen molar-refractivity contribution < 1.29 is 8.78 Å². The number of hydrogen-bond acceptors (Lipinski definition) is 1. The molecule has 0 amide bonds. The molecule has 0 saturated heterocycles. The lowest BCUT2D eigenvalue weighted by atomic mass is 10.3. The number of anilines is 1. The highest BCUT2D eigenvalue weighted by Crippen LogP contribution is 2.23. The first kappa shape index (κ1) is 12.7. The van der Waals surface area contributed by atoms with Crippen LogP contribution in [0.15, 0.2) is 27.2 Å². The van der Waals surface area contributed by atoms with Crippen LogP contribution in [-0.4, -0.2) is 6.54 Å². The molecule has 0 fully saturated rings. The van der Waals surface area contributed by atoms with E-state index in [0.29, 0.717) is 5.03 Å². The van der Waals surface area contributed by atoms with Crippen molar-refractivity contribution in [2.45, 2.75) is 0 Å². The minimum Gasteiger partial charge on any atom is -0.378 e. The van der Waals surface area contributed by atoms with Crippen LogP contribution in [0.25, 0.3) is 0 Å². The molecule has 0 bridgehead atoms. The molecule has 15 heavy (non-hydrogen) atoms. The van der Waals surface area contributed by atoms with Gasteiger partial charge in [0.25, 0.3) is 0 Å². The van der Waals surface area contributed by atoms with Crippen LogP contribution in [0, 0.1) is 11.6 Å². The molecule has 0 radical (unpaired) electrons. The largest absolute Gasteiger partial charge is 0.378 e. The van der Waals surface area contributed by atoms with E-state index < -0.39 is 11.6 Å². The molecule has 0 heterocycles. The lowest BCUT2D eigenvalue weighted by molar-refractivity contribution is 0.597. The molecule has 6 heteroatoms. The lowest BCUT2D eigenvalue weighted by Gasteiger charge is -2.07. The molecule has 0 spiro atoms. The number of halogens is 5. The highest BCUT2D eigenvalue weighted by Gasteiger charge is 2.07. The molecule has 0 aliphatic rings. The zero-order chi connectivity index (χ0) is 11.4. The Hall–Kier alpha value is -0.320. The summed E-state index contributed by atoms with van der Waals surface area (Å²) < 4.78 is 26.3. The van der Waals surface area contributed by atoms with Gasteiger partial charge < -0.3 is 5.32 Å². The van der Waals surface area contributed by atoms with Gasteiger partial charge in [-0.25, -0.2) is 8.78 Å². The van der Waals surface area contributed by atoms with E-state index in [-0.39, 0.29) is 16.7 Å². The van der Waals surface area contributed by atoms with Gasteiger partial charge in [0.15, 0.2) is 0 Å². The van der Waals surface area contributed by atoms with Crippen LogP contribution in [-0.2, 0) is 0 Å². The second-order valence-electron chi connectivity index (χ2n) is 2.66. The van der Waals surface area contributed by atoms with Gasteiger partial charge in [0, 0.05) is 16.6 Å². The van der Waals surface area contributed by atoms with Crippen LogP contribution in [0.5, 0.6) is 0 Å². The van der Waals surface area contributed by atoms with E-state index in [1.165, 1.54) is 0 Å². The summed E-state index contributed by atoms with van der Waals surface area (Å²) in [5.74, 6) is -1.12. The first-order chi connectivity index (χ1) is 7.04. The third-order valence-corrected chi connectivity index (χ3v) is 2.80. The number of rotatable bonds is 3. The van der Waals surface area contributed by atoms with Gasteiger partial charge in [0.05, 0.1) is 16.7 Å². The number of nitrogens with one attached hydrogen (secondary N) is 1. The Kier molecular flexibility index (Phi) is 4.83. The van der Waals surface area contributed by atoms with E-state index in [2.05, 4.69) is 21.2 Å². The molecule has 0 aromatic heterocycles. The van der Waals surface area contributed by atoms with E-state index in [4.69, 9.17) is 23.2 Å². The van der Waals surface area contributed by atoms with Crippen LogP contribution in [0.4, 0.5) is 14.5 Å². The fourth-order valence-corrected chi connectivity index (χ4v) is 1.34. The molecule has 0 aliphatic carbocycles. The fraction of sp³-hybridized carbons (Fsp3) is 0.111. The van der Waals surface area contributed by atoms with Crippen molar-refractivity contribution >= 4 is 44.8 Å². The maximum absolute atomic E-state index is 13.2. The molecular weight excluding hydrogens is 311 g/mol. The third kappa shape index (κ3) is 3.63. The van der Waals surface area contributed by atoms with Gasteiger partial charge in [0.2, 0.25) is 0 Å². The predicted octanol–water partition coefficient (Wildman–Crippen LogP) is 4.46. The van der Waals surface area contributed by atoms with Gasteiger partial charge in [-0.15, -0.1) is 0 Å². The Morgan fingerprint density at radius 3 is 2.67 bits per heavy atom. The molecule has 1 rings (SSSR count). The highest BCUT2D eigenvalue weighted by molar-refractivity contribution is 9.10. The molecule has 0 atom stereocenters. The van der Waals surface area contributed by atoms with Gasteiger partial charge in [-0.1, -0.05) is 23.2 Å². The fourth-order valence-electron chi connectivity index (χ4n) is 0.876. The Morgan fingerprint density at radius 2 is 2.07 bits per heavy atom. The van der Waals surface area contributed by atoms with Crippen molar-refractivity contribution in [3.8, 4) is 0 Å². The quantitative estimate of drug-likeness (QED) is 0.812. The Morgan fingerprint density at radius 1 is 1.40 bits per heavy atom.